The van der Waals surface area contributed by atoms with E-state index in [4.69, 9.17) is 23.8 Å². The van der Waals surface area contributed by atoms with E-state index in [9.17, 15) is 8.78 Å². The molecular formula is C14H11ClF2N2S. The molecule has 104 valence electrons. The number of anilines is 2. The van der Waals surface area contributed by atoms with Crippen LogP contribution in [0.3, 0.4) is 0 Å². The largest absolute Gasteiger partial charge is 0.331 e. The van der Waals surface area contributed by atoms with E-state index in [1.165, 1.54) is 24.3 Å². The lowest BCUT2D eigenvalue weighted by Crippen LogP contribution is -2.20. The van der Waals surface area contributed by atoms with E-state index in [1.807, 2.05) is 0 Å². The van der Waals surface area contributed by atoms with Crippen LogP contribution in [-0.4, -0.2) is 5.11 Å². The van der Waals surface area contributed by atoms with Gasteiger partial charge in [0.15, 0.2) is 5.11 Å². The summed E-state index contributed by atoms with van der Waals surface area (Å²) in [6, 6.07) is 8.62. The first-order valence-electron chi connectivity index (χ1n) is 5.75. The Hall–Kier alpha value is -1.72. The summed E-state index contributed by atoms with van der Waals surface area (Å²) in [5.74, 6) is -0.844. The number of hydrogen-bond donors (Lipinski definition) is 2. The van der Waals surface area contributed by atoms with Crippen LogP contribution in [0.1, 0.15) is 5.56 Å². The van der Waals surface area contributed by atoms with Crippen molar-refractivity contribution in [2.45, 2.75) is 6.92 Å². The Morgan fingerprint density at radius 2 is 1.70 bits per heavy atom. The van der Waals surface area contributed by atoms with Crippen LogP contribution in [0.5, 0.6) is 0 Å². The summed E-state index contributed by atoms with van der Waals surface area (Å²) in [5, 5.41) is 5.86. The second-order valence-electron chi connectivity index (χ2n) is 4.19. The Morgan fingerprint density at radius 1 is 1.05 bits per heavy atom. The van der Waals surface area contributed by atoms with Gasteiger partial charge >= 0.3 is 0 Å². The summed E-state index contributed by atoms with van der Waals surface area (Å²) in [6.07, 6.45) is 0. The fourth-order valence-corrected chi connectivity index (χ4v) is 2.02. The molecule has 0 aliphatic carbocycles. The molecule has 2 N–H and O–H groups in total. The number of rotatable bonds is 2. The van der Waals surface area contributed by atoms with Crippen LogP contribution in [0.4, 0.5) is 20.2 Å². The van der Waals surface area contributed by atoms with Crippen LogP contribution in [0.25, 0.3) is 0 Å². The highest BCUT2D eigenvalue weighted by atomic mass is 35.5. The zero-order chi connectivity index (χ0) is 14.7. The van der Waals surface area contributed by atoms with Crippen molar-refractivity contribution in [3.8, 4) is 0 Å². The number of thiocarbonyl (C=S) groups is 1. The summed E-state index contributed by atoms with van der Waals surface area (Å²) in [4.78, 5) is 0. The van der Waals surface area contributed by atoms with Gasteiger partial charge in [0, 0.05) is 0 Å². The minimum atomic E-state index is -0.441. The maximum absolute atomic E-state index is 13.7. The summed E-state index contributed by atoms with van der Waals surface area (Å²) < 4.78 is 26.6. The van der Waals surface area contributed by atoms with E-state index in [-0.39, 0.29) is 15.8 Å². The van der Waals surface area contributed by atoms with Crippen LogP contribution in [0, 0.1) is 18.6 Å². The molecule has 0 fully saturated rings. The van der Waals surface area contributed by atoms with Crippen molar-refractivity contribution in [1.82, 2.24) is 0 Å². The maximum atomic E-state index is 13.7. The maximum Gasteiger partial charge on any atom is 0.175 e. The summed E-state index contributed by atoms with van der Waals surface area (Å²) in [6.45, 7) is 1.79. The summed E-state index contributed by atoms with van der Waals surface area (Å²) in [7, 11) is 0. The van der Waals surface area contributed by atoms with Gasteiger partial charge in [-0.1, -0.05) is 17.7 Å². The van der Waals surface area contributed by atoms with Crippen molar-refractivity contribution in [2.24, 2.45) is 0 Å². The van der Waals surface area contributed by atoms with Gasteiger partial charge in [-0.05, 0) is 55.0 Å². The van der Waals surface area contributed by atoms with Gasteiger partial charge in [-0.3, -0.25) is 0 Å². The molecular weight excluding hydrogens is 302 g/mol. The van der Waals surface area contributed by atoms with Crippen LogP contribution in [0.15, 0.2) is 36.4 Å². The molecule has 0 aliphatic rings. The average Bonchev–Trinajstić information content (AvgIpc) is 2.36. The molecule has 0 aromatic heterocycles. The molecule has 0 saturated heterocycles. The first-order chi connectivity index (χ1) is 9.45. The molecule has 0 spiro atoms. The van der Waals surface area contributed by atoms with Gasteiger partial charge in [0.2, 0.25) is 0 Å². The SMILES string of the molecule is Cc1ccc(NC(=S)Nc2ccc(F)cc2Cl)c(F)c1. The molecule has 2 aromatic rings. The zero-order valence-electron chi connectivity index (χ0n) is 10.5. The smallest absolute Gasteiger partial charge is 0.175 e. The fourth-order valence-electron chi connectivity index (χ4n) is 1.59. The van der Waals surface area contributed by atoms with E-state index in [2.05, 4.69) is 10.6 Å². The Morgan fingerprint density at radius 3 is 2.35 bits per heavy atom. The highest BCUT2D eigenvalue weighted by Crippen LogP contribution is 2.23. The number of nitrogens with one attached hydrogen (secondary N) is 2. The van der Waals surface area contributed by atoms with Gasteiger partial charge in [0.05, 0.1) is 16.4 Å². The average molecular weight is 313 g/mol. The van der Waals surface area contributed by atoms with Gasteiger partial charge in [0.1, 0.15) is 11.6 Å². The van der Waals surface area contributed by atoms with E-state index >= 15 is 0 Å². The van der Waals surface area contributed by atoms with Gasteiger partial charge in [-0.25, -0.2) is 8.78 Å². The number of benzene rings is 2. The van der Waals surface area contributed by atoms with Crippen LogP contribution < -0.4 is 10.6 Å². The second kappa shape index (κ2) is 6.15. The quantitative estimate of drug-likeness (QED) is 0.784. The van der Waals surface area contributed by atoms with Crippen molar-refractivity contribution in [2.75, 3.05) is 10.6 Å². The Bertz CT molecular complexity index is 606. The third kappa shape index (κ3) is 3.65. The first kappa shape index (κ1) is 14.7. The minimum absolute atomic E-state index is 0.168. The lowest BCUT2D eigenvalue weighted by molar-refractivity contribution is 0.628. The number of hydrogen-bond acceptors (Lipinski definition) is 1. The Kier molecular flexibility index (Phi) is 4.52. The molecule has 2 rings (SSSR count). The van der Waals surface area contributed by atoms with Crippen molar-refractivity contribution >= 4 is 40.3 Å². The standard InChI is InChI=1S/C14H11ClF2N2S/c1-8-2-4-13(11(17)6-8)19-14(20)18-12-5-3-9(16)7-10(12)15/h2-7H,1H3,(H2,18,19,20). The molecule has 6 heteroatoms. The van der Waals surface area contributed by atoms with Crippen molar-refractivity contribution in [1.29, 1.82) is 0 Å². The molecule has 0 saturated carbocycles. The van der Waals surface area contributed by atoms with Crippen LogP contribution in [-0.2, 0) is 0 Å². The Balaban J connectivity index is 2.09. The molecule has 0 aliphatic heterocycles. The van der Waals surface area contributed by atoms with E-state index < -0.39 is 11.6 Å². The monoisotopic (exact) mass is 312 g/mol. The third-order valence-electron chi connectivity index (χ3n) is 2.55. The predicted octanol–water partition coefficient (Wildman–Crippen LogP) is 4.74. The molecule has 0 amide bonds. The van der Waals surface area contributed by atoms with Gasteiger partial charge in [-0.2, -0.15) is 0 Å². The molecule has 0 unspecified atom stereocenters. The Labute approximate surface area is 125 Å². The highest BCUT2D eigenvalue weighted by molar-refractivity contribution is 7.80. The van der Waals surface area contributed by atoms with Gasteiger partial charge < -0.3 is 10.6 Å². The minimum Gasteiger partial charge on any atom is -0.331 e. The van der Waals surface area contributed by atoms with Gasteiger partial charge in [0.25, 0.3) is 0 Å². The van der Waals surface area contributed by atoms with Crippen molar-refractivity contribution in [3.63, 3.8) is 0 Å². The number of halogens is 3. The highest BCUT2D eigenvalue weighted by Gasteiger charge is 2.07. The molecule has 0 heterocycles. The molecule has 2 nitrogen and oxygen atoms in total. The van der Waals surface area contributed by atoms with E-state index in [1.54, 1.807) is 19.1 Å². The first-order valence-corrected chi connectivity index (χ1v) is 6.53. The van der Waals surface area contributed by atoms with Crippen molar-refractivity contribution in [3.05, 3.63) is 58.6 Å². The lowest BCUT2D eigenvalue weighted by Gasteiger charge is -2.12. The normalized spacial score (nSPS) is 10.2. The van der Waals surface area contributed by atoms with Crippen molar-refractivity contribution < 1.29 is 8.78 Å². The van der Waals surface area contributed by atoms with E-state index in [0.29, 0.717) is 5.69 Å². The van der Waals surface area contributed by atoms with Crippen LogP contribution >= 0.6 is 23.8 Å². The predicted molar refractivity (Wildman–Crippen MR) is 82.4 cm³/mol. The number of aryl methyl sites for hydroxylation is 1. The van der Waals surface area contributed by atoms with Crippen LogP contribution in [0.2, 0.25) is 5.02 Å². The topological polar surface area (TPSA) is 24.1 Å². The summed E-state index contributed by atoms with van der Waals surface area (Å²) >= 11 is 10.9. The molecule has 2 aromatic carbocycles. The fraction of sp³-hybridized carbons (Fsp3) is 0.0714. The second-order valence-corrected chi connectivity index (χ2v) is 5.00. The van der Waals surface area contributed by atoms with Gasteiger partial charge in [-0.15, -0.1) is 0 Å². The molecule has 0 atom stereocenters. The molecule has 0 radical (unpaired) electrons. The van der Waals surface area contributed by atoms with E-state index in [0.717, 1.165) is 5.56 Å². The molecule has 20 heavy (non-hydrogen) atoms. The third-order valence-corrected chi connectivity index (χ3v) is 3.07. The zero-order valence-corrected chi connectivity index (χ0v) is 12.1. The molecule has 0 bridgehead atoms. The lowest BCUT2D eigenvalue weighted by atomic mass is 10.2. The summed E-state index contributed by atoms with van der Waals surface area (Å²) in [5.41, 5.74) is 1.51.